The quantitative estimate of drug-likeness (QED) is 0.666. The summed E-state index contributed by atoms with van der Waals surface area (Å²) in [5.41, 5.74) is 1.02. The number of aliphatic carboxylic acids is 1. The third-order valence-electron chi connectivity index (χ3n) is 3.26. The Hall–Kier alpha value is -2.57. The van der Waals surface area contributed by atoms with E-state index < -0.39 is 11.9 Å². The summed E-state index contributed by atoms with van der Waals surface area (Å²) in [6, 6.07) is 9.32. The van der Waals surface area contributed by atoms with E-state index in [1.807, 2.05) is 30.3 Å². The Kier molecular flexibility index (Phi) is 7.59. The number of nitrogens with zero attached hydrogens (tertiary/aromatic N) is 1. The molecule has 0 aromatic heterocycles. The molecule has 0 spiro atoms. The first-order chi connectivity index (χ1) is 10.9. The van der Waals surface area contributed by atoms with Crippen molar-refractivity contribution < 1.29 is 19.5 Å². The number of carbonyl (C=O) groups is 3. The Bertz CT molecular complexity index is 533. The molecular weight excluding hydrogens is 298 g/mol. The van der Waals surface area contributed by atoms with Crippen molar-refractivity contribution >= 4 is 17.9 Å². The lowest BCUT2D eigenvalue weighted by molar-refractivity contribution is -0.141. The van der Waals surface area contributed by atoms with E-state index in [-0.39, 0.29) is 31.4 Å². The maximum atomic E-state index is 11.9. The fraction of sp³-hybridized carbons (Fsp3) is 0.438. The Morgan fingerprint density at radius 2 is 1.83 bits per heavy atom. The molecule has 1 unspecified atom stereocenters. The molecule has 0 saturated heterocycles. The average molecular weight is 321 g/mol. The van der Waals surface area contributed by atoms with Gasteiger partial charge in [-0.25, -0.2) is 4.79 Å². The number of amides is 3. The number of carboxylic acid groups (broad SMARTS) is 1. The van der Waals surface area contributed by atoms with Crippen molar-refractivity contribution in [2.45, 2.75) is 19.9 Å². The van der Waals surface area contributed by atoms with Crippen LogP contribution in [0.25, 0.3) is 0 Å². The largest absolute Gasteiger partial charge is 0.481 e. The smallest absolute Gasteiger partial charge is 0.317 e. The van der Waals surface area contributed by atoms with E-state index in [1.54, 1.807) is 7.05 Å². The van der Waals surface area contributed by atoms with Gasteiger partial charge in [0, 0.05) is 33.1 Å². The molecule has 0 fully saturated rings. The van der Waals surface area contributed by atoms with Gasteiger partial charge in [-0.15, -0.1) is 0 Å². The van der Waals surface area contributed by atoms with Gasteiger partial charge < -0.3 is 20.6 Å². The Balaban J connectivity index is 2.22. The molecule has 1 atom stereocenters. The van der Waals surface area contributed by atoms with Crippen LogP contribution in [0.5, 0.6) is 0 Å². The molecule has 0 radical (unpaired) electrons. The molecule has 126 valence electrons. The number of carbonyl (C=O) groups excluding carboxylic acids is 2. The zero-order valence-electron chi connectivity index (χ0n) is 13.4. The van der Waals surface area contributed by atoms with Gasteiger partial charge in [-0.05, 0) is 5.56 Å². The number of hydrogen-bond acceptors (Lipinski definition) is 3. The van der Waals surface area contributed by atoms with Gasteiger partial charge in [0.2, 0.25) is 5.91 Å². The van der Waals surface area contributed by atoms with Gasteiger partial charge in [-0.2, -0.15) is 0 Å². The van der Waals surface area contributed by atoms with Crippen molar-refractivity contribution in [1.29, 1.82) is 0 Å². The Labute approximate surface area is 135 Å². The van der Waals surface area contributed by atoms with Crippen LogP contribution in [0.15, 0.2) is 30.3 Å². The first-order valence-electron chi connectivity index (χ1n) is 7.42. The van der Waals surface area contributed by atoms with Gasteiger partial charge >= 0.3 is 12.0 Å². The van der Waals surface area contributed by atoms with E-state index >= 15 is 0 Å². The highest BCUT2D eigenvalue weighted by Crippen LogP contribution is 2.02. The van der Waals surface area contributed by atoms with Crippen molar-refractivity contribution in [2.75, 3.05) is 20.1 Å². The van der Waals surface area contributed by atoms with E-state index in [1.165, 1.54) is 11.8 Å². The lowest BCUT2D eigenvalue weighted by Gasteiger charge is -2.18. The number of urea groups is 1. The monoisotopic (exact) mass is 321 g/mol. The second-order valence-electron chi connectivity index (χ2n) is 5.37. The summed E-state index contributed by atoms with van der Waals surface area (Å²) in [5.74, 6) is -1.88. The first kappa shape index (κ1) is 18.5. The summed E-state index contributed by atoms with van der Waals surface area (Å²) in [7, 11) is 1.68. The molecule has 1 rings (SSSR count). The van der Waals surface area contributed by atoms with Crippen LogP contribution < -0.4 is 10.6 Å². The summed E-state index contributed by atoms with van der Waals surface area (Å²) < 4.78 is 0. The van der Waals surface area contributed by atoms with Crippen LogP contribution in [-0.2, 0) is 16.1 Å². The number of hydrogen-bond donors (Lipinski definition) is 3. The van der Waals surface area contributed by atoms with Crippen LogP contribution in [0.4, 0.5) is 4.79 Å². The third kappa shape index (κ3) is 7.30. The Morgan fingerprint density at radius 3 is 2.43 bits per heavy atom. The van der Waals surface area contributed by atoms with E-state index in [4.69, 9.17) is 5.11 Å². The normalized spacial score (nSPS) is 11.4. The summed E-state index contributed by atoms with van der Waals surface area (Å²) in [6.45, 7) is 2.28. The van der Waals surface area contributed by atoms with Gasteiger partial charge in [-0.1, -0.05) is 37.3 Å². The van der Waals surface area contributed by atoms with Crippen LogP contribution >= 0.6 is 0 Å². The standard InChI is InChI=1S/C16H23N3O4/c1-12(15(21)22)10-18-14(20)8-9-17-16(23)19(2)11-13-6-4-3-5-7-13/h3-7,12H,8-11H2,1-2H3,(H,17,23)(H,18,20)(H,21,22). The number of carboxylic acids is 1. The minimum absolute atomic E-state index is 0.0794. The molecule has 23 heavy (non-hydrogen) atoms. The highest BCUT2D eigenvalue weighted by molar-refractivity contribution is 5.79. The predicted octanol–water partition coefficient (Wildman–Crippen LogP) is 1.05. The lowest BCUT2D eigenvalue weighted by Crippen LogP contribution is -2.39. The molecule has 7 nitrogen and oxygen atoms in total. The molecule has 0 aliphatic rings. The van der Waals surface area contributed by atoms with Crippen LogP contribution in [0.2, 0.25) is 0 Å². The van der Waals surface area contributed by atoms with Gasteiger partial charge in [0.15, 0.2) is 0 Å². The first-order valence-corrected chi connectivity index (χ1v) is 7.42. The third-order valence-corrected chi connectivity index (χ3v) is 3.26. The summed E-state index contributed by atoms with van der Waals surface area (Å²) >= 11 is 0. The lowest BCUT2D eigenvalue weighted by atomic mass is 10.2. The second-order valence-corrected chi connectivity index (χ2v) is 5.37. The van der Waals surface area contributed by atoms with Gasteiger partial charge in [-0.3, -0.25) is 9.59 Å². The number of benzene rings is 1. The average Bonchev–Trinajstić information content (AvgIpc) is 2.53. The summed E-state index contributed by atoms with van der Waals surface area (Å²) in [6.07, 6.45) is 0.108. The molecule has 1 aromatic rings. The van der Waals surface area contributed by atoms with Crippen molar-refractivity contribution in [3.8, 4) is 0 Å². The fourth-order valence-electron chi connectivity index (χ4n) is 1.79. The van der Waals surface area contributed by atoms with Gasteiger partial charge in [0.1, 0.15) is 0 Å². The molecule has 7 heteroatoms. The van der Waals surface area contributed by atoms with E-state index in [0.29, 0.717) is 6.54 Å². The second kappa shape index (κ2) is 9.45. The van der Waals surface area contributed by atoms with Crippen LogP contribution in [-0.4, -0.2) is 48.1 Å². The molecule has 1 aromatic carbocycles. The molecule has 0 heterocycles. The van der Waals surface area contributed by atoms with Crippen LogP contribution in [0, 0.1) is 5.92 Å². The summed E-state index contributed by atoms with van der Waals surface area (Å²) in [5, 5.41) is 13.9. The SMILES string of the molecule is CC(CNC(=O)CCNC(=O)N(C)Cc1ccccc1)C(=O)O. The van der Waals surface area contributed by atoms with Crippen LogP contribution in [0.1, 0.15) is 18.9 Å². The molecule has 3 amide bonds. The topological polar surface area (TPSA) is 98.7 Å². The van der Waals surface area contributed by atoms with Gasteiger partial charge in [0.05, 0.1) is 5.92 Å². The maximum absolute atomic E-state index is 11.9. The van der Waals surface area contributed by atoms with Crippen molar-refractivity contribution in [3.05, 3.63) is 35.9 Å². The minimum atomic E-state index is -0.957. The molecule has 0 aliphatic heterocycles. The van der Waals surface area contributed by atoms with Crippen molar-refractivity contribution in [2.24, 2.45) is 5.92 Å². The fourth-order valence-corrected chi connectivity index (χ4v) is 1.79. The van der Waals surface area contributed by atoms with Crippen molar-refractivity contribution in [1.82, 2.24) is 15.5 Å². The predicted molar refractivity (Wildman–Crippen MR) is 85.7 cm³/mol. The number of nitrogens with one attached hydrogen (secondary N) is 2. The van der Waals surface area contributed by atoms with E-state index in [9.17, 15) is 14.4 Å². The highest BCUT2D eigenvalue weighted by atomic mass is 16.4. The molecule has 0 bridgehead atoms. The number of rotatable bonds is 8. The maximum Gasteiger partial charge on any atom is 0.317 e. The van der Waals surface area contributed by atoms with Gasteiger partial charge in [0.25, 0.3) is 0 Å². The molecule has 0 saturated carbocycles. The van der Waals surface area contributed by atoms with E-state index in [0.717, 1.165) is 5.56 Å². The highest BCUT2D eigenvalue weighted by Gasteiger charge is 2.13. The molecule has 3 N–H and O–H groups in total. The van der Waals surface area contributed by atoms with E-state index in [2.05, 4.69) is 10.6 Å². The van der Waals surface area contributed by atoms with Crippen molar-refractivity contribution in [3.63, 3.8) is 0 Å². The zero-order valence-corrected chi connectivity index (χ0v) is 13.4. The molecule has 0 aliphatic carbocycles. The zero-order chi connectivity index (χ0) is 17.2. The summed E-state index contributed by atoms with van der Waals surface area (Å²) in [4.78, 5) is 35.6. The Morgan fingerprint density at radius 1 is 1.17 bits per heavy atom. The minimum Gasteiger partial charge on any atom is -0.481 e. The molecular formula is C16H23N3O4. The van der Waals surface area contributed by atoms with Crippen LogP contribution in [0.3, 0.4) is 0 Å².